The lowest BCUT2D eigenvalue weighted by molar-refractivity contribution is -0.159. The molecule has 7 heteroatoms. The zero-order valence-corrected chi connectivity index (χ0v) is 20.1. The number of rotatable bonds is 9. The van der Waals surface area contributed by atoms with Gasteiger partial charge in [0.1, 0.15) is 17.7 Å². The van der Waals surface area contributed by atoms with Crippen LogP contribution in [0.15, 0.2) is 30.3 Å². The number of carbonyl (C=O) groups excluding carboxylic acids is 3. The summed E-state index contributed by atoms with van der Waals surface area (Å²) in [4.78, 5) is 38.9. The molecule has 3 N–H and O–H groups in total. The summed E-state index contributed by atoms with van der Waals surface area (Å²) < 4.78 is 5.52. The van der Waals surface area contributed by atoms with E-state index in [1.54, 1.807) is 20.8 Å². The van der Waals surface area contributed by atoms with Crippen molar-refractivity contribution in [2.45, 2.75) is 90.4 Å². The van der Waals surface area contributed by atoms with Gasteiger partial charge in [0.15, 0.2) is 0 Å². The highest BCUT2D eigenvalue weighted by molar-refractivity contribution is 5.92. The number of carbonyl (C=O) groups is 3. The molecule has 0 unspecified atom stereocenters. The minimum atomic E-state index is -0.786. The molecule has 2 amide bonds. The number of ether oxygens (including phenoxy) is 1. The van der Waals surface area contributed by atoms with Gasteiger partial charge in [-0.15, -0.1) is 0 Å². The number of esters is 1. The highest BCUT2D eigenvalue weighted by Crippen LogP contribution is 2.14. The lowest BCUT2D eigenvalue weighted by Crippen LogP contribution is -2.57. The highest BCUT2D eigenvalue weighted by Gasteiger charge is 2.32. The Labute approximate surface area is 192 Å². The van der Waals surface area contributed by atoms with E-state index >= 15 is 0 Å². The van der Waals surface area contributed by atoms with Gasteiger partial charge < -0.3 is 20.7 Å². The fourth-order valence-corrected chi connectivity index (χ4v) is 3.74. The van der Waals surface area contributed by atoms with E-state index < -0.39 is 23.7 Å². The Hall–Kier alpha value is -2.41. The molecule has 7 nitrogen and oxygen atoms in total. The predicted octanol–water partition coefficient (Wildman–Crippen LogP) is 2.73. The van der Waals surface area contributed by atoms with E-state index in [1.807, 2.05) is 44.2 Å². The Morgan fingerprint density at radius 1 is 1.06 bits per heavy atom. The molecule has 0 saturated carbocycles. The molecule has 1 aromatic rings. The maximum Gasteiger partial charge on any atom is 0.329 e. The summed E-state index contributed by atoms with van der Waals surface area (Å²) in [7, 11) is 0. The third kappa shape index (κ3) is 8.99. The first-order valence-electron chi connectivity index (χ1n) is 11.7. The van der Waals surface area contributed by atoms with Crippen LogP contribution < -0.4 is 16.0 Å². The number of amides is 2. The number of piperidine rings is 1. The van der Waals surface area contributed by atoms with E-state index in [4.69, 9.17) is 4.74 Å². The number of hydrogen-bond donors (Lipinski definition) is 3. The molecule has 1 fully saturated rings. The van der Waals surface area contributed by atoms with Crippen molar-refractivity contribution in [1.82, 2.24) is 16.0 Å². The predicted molar refractivity (Wildman–Crippen MR) is 125 cm³/mol. The molecule has 3 atom stereocenters. The van der Waals surface area contributed by atoms with Gasteiger partial charge in [-0.1, -0.05) is 50.6 Å². The van der Waals surface area contributed by atoms with E-state index in [2.05, 4.69) is 16.0 Å². The summed E-state index contributed by atoms with van der Waals surface area (Å²) in [6.07, 6.45) is 3.57. The molecular weight excluding hydrogens is 406 g/mol. The summed E-state index contributed by atoms with van der Waals surface area (Å²) in [5, 5.41) is 8.99. The van der Waals surface area contributed by atoms with Gasteiger partial charge in [0, 0.05) is 6.42 Å². The van der Waals surface area contributed by atoms with Crippen LogP contribution in [0.1, 0.15) is 65.9 Å². The largest absolute Gasteiger partial charge is 0.458 e. The Bertz CT molecular complexity index is 752. The van der Waals surface area contributed by atoms with Crippen molar-refractivity contribution in [1.29, 1.82) is 0 Å². The quantitative estimate of drug-likeness (QED) is 0.508. The Kier molecular flexibility index (Phi) is 9.69. The zero-order chi connectivity index (χ0) is 23.7. The van der Waals surface area contributed by atoms with Crippen LogP contribution >= 0.6 is 0 Å². The van der Waals surface area contributed by atoms with Crippen molar-refractivity contribution in [2.24, 2.45) is 5.92 Å². The van der Waals surface area contributed by atoms with Crippen LogP contribution in [0.25, 0.3) is 0 Å². The van der Waals surface area contributed by atoms with Crippen LogP contribution in [0, 0.1) is 5.92 Å². The topological polar surface area (TPSA) is 96.5 Å². The van der Waals surface area contributed by atoms with Crippen LogP contribution in [0.3, 0.4) is 0 Å². The Morgan fingerprint density at radius 3 is 2.31 bits per heavy atom. The summed E-state index contributed by atoms with van der Waals surface area (Å²) >= 11 is 0. The molecule has 32 heavy (non-hydrogen) atoms. The lowest BCUT2D eigenvalue weighted by Gasteiger charge is -2.28. The lowest BCUT2D eigenvalue weighted by atomic mass is 10.00. The molecule has 0 aromatic heterocycles. The van der Waals surface area contributed by atoms with Crippen molar-refractivity contribution in [2.75, 3.05) is 6.54 Å². The normalized spacial score (nSPS) is 18.5. The van der Waals surface area contributed by atoms with Gasteiger partial charge in [0.05, 0.1) is 6.04 Å². The molecule has 1 heterocycles. The van der Waals surface area contributed by atoms with Gasteiger partial charge in [-0.05, 0) is 58.1 Å². The SMILES string of the molecule is CC(C)C[C@H](NC(=O)[C@H](Cc1ccccc1)NC(=O)[C@@H]1CCCCN1)C(=O)OC(C)(C)C. The van der Waals surface area contributed by atoms with Crippen molar-refractivity contribution >= 4 is 17.8 Å². The van der Waals surface area contributed by atoms with Crippen LogP contribution in [-0.4, -0.2) is 48.1 Å². The van der Waals surface area contributed by atoms with Crippen molar-refractivity contribution < 1.29 is 19.1 Å². The standard InChI is InChI=1S/C25H39N3O4/c1-17(2)15-21(24(31)32-25(3,4)5)28-23(30)20(16-18-11-7-6-8-12-18)27-22(29)19-13-9-10-14-26-19/h6-8,11-12,17,19-21,26H,9-10,13-16H2,1-5H3,(H,27,29)(H,28,30)/t19-,20-,21-/m0/s1. The third-order valence-corrected chi connectivity index (χ3v) is 5.26. The number of benzene rings is 1. The second-order valence-corrected chi connectivity index (χ2v) is 9.98. The molecule has 0 aliphatic carbocycles. The van der Waals surface area contributed by atoms with Gasteiger partial charge in [0.2, 0.25) is 11.8 Å². The van der Waals surface area contributed by atoms with Gasteiger partial charge >= 0.3 is 5.97 Å². The maximum absolute atomic E-state index is 13.3. The first-order valence-corrected chi connectivity index (χ1v) is 11.7. The molecule has 2 rings (SSSR count). The average Bonchev–Trinajstić information content (AvgIpc) is 2.72. The highest BCUT2D eigenvalue weighted by atomic mass is 16.6. The second-order valence-electron chi connectivity index (χ2n) is 9.98. The maximum atomic E-state index is 13.3. The Balaban J connectivity index is 2.16. The van der Waals surface area contributed by atoms with Crippen LogP contribution in [0.2, 0.25) is 0 Å². The third-order valence-electron chi connectivity index (χ3n) is 5.26. The first kappa shape index (κ1) is 25.8. The number of nitrogens with one attached hydrogen (secondary N) is 3. The average molecular weight is 446 g/mol. The van der Waals surface area contributed by atoms with Gasteiger partial charge in [-0.25, -0.2) is 4.79 Å². The summed E-state index contributed by atoms with van der Waals surface area (Å²) in [5.41, 5.74) is 0.281. The van der Waals surface area contributed by atoms with Gasteiger partial charge in [-0.3, -0.25) is 9.59 Å². The van der Waals surface area contributed by atoms with E-state index in [9.17, 15) is 14.4 Å². The van der Waals surface area contributed by atoms with Gasteiger partial charge in [-0.2, -0.15) is 0 Å². The molecule has 0 radical (unpaired) electrons. The van der Waals surface area contributed by atoms with Crippen molar-refractivity contribution in [3.63, 3.8) is 0 Å². The van der Waals surface area contributed by atoms with E-state index in [1.165, 1.54) is 0 Å². The second kappa shape index (κ2) is 12.0. The zero-order valence-electron chi connectivity index (χ0n) is 20.1. The van der Waals surface area contributed by atoms with Crippen molar-refractivity contribution in [3.8, 4) is 0 Å². The fraction of sp³-hybridized carbons (Fsp3) is 0.640. The minimum absolute atomic E-state index is 0.182. The van der Waals surface area contributed by atoms with E-state index in [-0.39, 0.29) is 23.8 Å². The molecule has 178 valence electrons. The molecule has 1 aliphatic rings. The molecule has 1 saturated heterocycles. The summed E-state index contributed by atoms with van der Waals surface area (Å²) in [6, 6.07) is 7.69. The molecule has 1 aliphatic heterocycles. The van der Waals surface area contributed by atoms with Crippen LogP contribution in [0.5, 0.6) is 0 Å². The summed E-state index contributed by atoms with van der Waals surface area (Å²) in [6.45, 7) is 10.2. The summed E-state index contributed by atoms with van der Waals surface area (Å²) in [5.74, 6) is -0.840. The monoisotopic (exact) mass is 445 g/mol. The fourth-order valence-electron chi connectivity index (χ4n) is 3.74. The Morgan fingerprint density at radius 2 is 1.75 bits per heavy atom. The molecule has 0 spiro atoms. The molecule has 1 aromatic carbocycles. The van der Waals surface area contributed by atoms with Gasteiger partial charge in [0.25, 0.3) is 0 Å². The van der Waals surface area contributed by atoms with Crippen molar-refractivity contribution in [3.05, 3.63) is 35.9 Å². The molecular formula is C25H39N3O4. The van der Waals surface area contributed by atoms with Crippen LogP contribution in [0.4, 0.5) is 0 Å². The van der Waals surface area contributed by atoms with Crippen LogP contribution in [-0.2, 0) is 25.5 Å². The van der Waals surface area contributed by atoms with E-state index in [0.29, 0.717) is 12.8 Å². The first-order chi connectivity index (χ1) is 15.0. The minimum Gasteiger partial charge on any atom is -0.458 e. The smallest absolute Gasteiger partial charge is 0.329 e. The number of hydrogen-bond acceptors (Lipinski definition) is 5. The molecule has 0 bridgehead atoms. The van der Waals surface area contributed by atoms with E-state index in [0.717, 1.165) is 31.4 Å².